The van der Waals surface area contributed by atoms with Crippen molar-refractivity contribution in [2.24, 2.45) is 10.8 Å². The fourth-order valence-electron chi connectivity index (χ4n) is 9.86. The number of aromatic nitrogens is 2. The molecule has 14 nitrogen and oxygen atoms in total. The Bertz CT molecular complexity index is 3200. The van der Waals surface area contributed by atoms with E-state index in [0.717, 1.165) is 36.0 Å². The molecule has 9 rings (SSSR count). The summed E-state index contributed by atoms with van der Waals surface area (Å²) in [5, 5.41) is 16.9. The van der Waals surface area contributed by atoms with Gasteiger partial charge in [0.05, 0.1) is 47.1 Å². The smallest absolute Gasteiger partial charge is 0.489 e. The zero-order valence-corrected chi connectivity index (χ0v) is 48.9. The van der Waals surface area contributed by atoms with Gasteiger partial charge in [-0.15, -0.1) is 26.3 Å². The van der Waals surface area contributed by atoms with Crippen LogP contribution in [0.1, 0.15) is 182 Å². The summed E-state index contributed by atoms with van der Waals surface area (Å²) >= 11 is 5.75. The standard InChI is InChI=1S/C27H26F3NO5.C22H19ClF3NO5.C13H23BO2.4CH4/c1-26(2)12-3-4-22(26)20-10-5-17(14-24(20)36-27(28,29)30)16-34-19-8-6-18(7-9-19)21(15-25(32)33)23-11-13-35-31-23;1-2-29-21(28)12-17(19-9-10-31-27-19)15-4-6-16(7-5-15)30-13-14-3-8-18(23)20(11-14)32-22(24,25)26;1-11(2)9-7-8-10(11)14-15-12(3,4)13(5,6)16-14;;;;/h4-11,13-14,21H,3,12,15-16H2,1-2H3,(H,32,33);3-11,17H,2,12-13H2,1H3;8H,7,9H2,1-6H3;4*1H4/t21-;17-;;;;;/m00...../s1. The minimum absolute atomic E-state index is 0. The van der Waals surface area contributed by atoms with Crippen LogP contribution in [0.4, 0.5) is 26.3 Å². The van der Waals surface area contributed by atoms with Crippen LogP contribution in [0.5, 0.6) is 23.0 Å². The largest absolute Gasteiger partial charge is 0.573 e. The van der Waals surface area contributed by atoms with Crippen molar-refractivity contribution in [2.75, 3.05) is 6.61 Å². The van der Waals surface area contributed by atoms with E-state index in [-0.39, 0.29) is 114 Å². The van der Waals surface area contributed by atoms with Gasteiger partial charge in [0.2, 0.25) is 0 Å². The molecule has 0 radical (unpaired) electrons. The summed E-state index contributed by atoms with van der Waals surface area (Å²) in [7, 11) is -0.150. The monoisotopic (exact) mass is 1260 g/mol. The minimum Gasteiger partial charge on any atom is -0.489 e. The van der Waals surface area contributed by atoms with Crippen LogP contribution in [-0.2, 0) is 36.8 Å². The molecule has 22 heteroatoms. The van der Waals surface area contributed by atoms with Crippen molar-refractivity contribution in [1.82, 2.24) is 10.3 Å². The molecule has 6 aromatic rings. The van der Waals surface area contributed by atoms with Crippen molar-refractivity contribution in [1.29, 1.82) is 0 Å². The molecule has 2 aliphatic carbocycles. The molecule has 1 fully saturated rings. The number of hydrogen-bond donors (Lipinski definition) is 1. The number of carbonyl (C=O) groups excluding carboxylic acids is 1. The van der Waals surface area contributed by atoms with Crippen LogP contribution in [0, 0.1) is 10.8 Å². The third-order valence-corrected chi connectivity index (χ3v) is 15.4. The molecule has 1 N–H and O–H groups in total. The second kappa shape index (κ2) is 31.3. The highest BCUT2D eigenvalue weighted by Gasteiger charge is 2.55. The number of carbonyl (C=O) groups is 2. The first kappa shape index (κ1) is 75.0. The number of halogens is 7. The van der Waals surface area contributed by atoms with Crippen LogP contribution in [0.25, 0.3) is 5.57 Å². The van der Waals surface area contributed by atoms with Crippen molar-refractivity contribution in [3.63, 3.8) is 0 Å². The average molecular weight is 1260 g/mol. The lowest BCUT2D eigenvalue weighted by molar-refractivity contribution is -0.275. The summed E-state index contributed by atoms with van der Waals surface area (Å²) < 4.78 is 124. The van der Waals surface area contributed by atoms with Crippen LogP contribution in [0.15, 0.2) is 136 Å². The first-order valence-corrected chi connectivity index (χ1v) is 27.6. The number of benzene rings is 4. The number of ether oxygens (including phenoxy) is 5. The summed E-state index contributed by atoms with van der Waals surface area (Å²) in [5.41, 5.74) is 5.70. The van der Waals surface area contributed by atoms with Crippen LogP contribution in [-0.4, -0.2) is 65.0 Å². The second-order valence-electron chi connectivity index (χ2n) is 22.7. The molecule has 1 aliphatic heterocycles. The van der Waals surface area contributed by atoms with Gasteiger partial charge in [-0.2, -0.15) is 0 Å². The number of rotatable bonds is 19. The van der Waals surface area contributed by atoms with E-state index in [9.17, 15) is 41.0 Å². The van der Waals surface area contributed by atoms with Crippen LogP contribution < -0.4 is 18.9 Å². The van der Waals surface area contributed by atoms with Crippen molar-refractivity contribution in [3.8, 4) is 23.0 Å². The summed E-state index contributed by atoms with van der Waals surface area (Å²) in [6, 6.07) is 25.8. The van der Waals surface area contributed by atoms with Gasteiger partial charge in [0, 0.05) is 29.5 Å². The number of alkyl halides is 6. The van der Waals surface area contributed by atoms with Crippen molar-refractivity contribution in [2.45, 2.75) is 180 Å². The Labute approximate surface area is 519 Å². The molecule has 2 atom stereocenters. The highest BCUT2D eigenvalue weighted by atomic mass is 35.5. The third-order valence-electron chi connectivity index (χ3n) is 15.1. The minimum atomic E-state index is -4.84. The number of carboxylic acids is 1. The highest BCUT2D eigenvalue weighted by molar-refractivity contribution is 6.55. The number of esters is 1. The van der Waals surface area contributed by atoms with E-state index in [1.54, 1.807) is 85.8 Å². The molecule has 0 saturated carbocycles. The van der Waals surface area contributed by atoms with Gasteiger partial charge in [-0.05, 0) is 147 Å². The average Bonchev–Trinajstić information content (AvgIpc) is 2.01. The molecule has 3 aliphatic rings. The lowest BCUT2D eigenvalue weighted by atomic mass is 9.65. The fourth-order valence-corrected chi connectivity index (χ4v) is 10.0. The molecule has 0 amide bonds. The Kier molecular flexibility index (Phi) is 26.7. The topological polar surface area (TPSA) is 171 Å². The number of allylic oxidation sites excluding steroid dienone is 4. The number of hydrogen-bond acceptors (Lipinski definition) is 13. The SMILES string of the molecule is C.C.C.C.CC1(C)CCC=C1B1OC(C)(C)C(C)(C)O1.CC1(C)CCC=C1c1ccc(COc2ccc([C@H](CC(=O)O)c3ccon3)cc2)cc1OC(F)(F)F.CCOC(=O)C[C@@H](c1ccc(OCc2ccc(Cl)c(OC(F)(F)F)c2)cc1)c1ccon1. The normalized spacial score (nSPS) is 16.5. The van der Waals surface area contributed by atoms with Gasteiger partial charge >= 0.3 is 31.8 Å². The zero-order valence-electron chi connectivity index (χ0n) is 48.1. The molecule has 88 heavy (non-hydrogen) atoms. The molecule has 3 heterocycles. The lowest BCUT2D eigenvalue weighted by Gasteiger charge is -2.32. The van der Waals surface area contributed by atoms with E-state index in [1.165, 1.54) is 42.6 Å². The van der Waals surface area contributed by atoms with Gasteiger partial charge in [-0.1, -0.05) is 134 Å². The Balaban J connectivity index is 0.000000358. The van der Waals surface area contributed by atoms with Crippen LogP contribution >= 0.6 is 11.6 Å². The molecule has 0 spiro atoms. The first-order valence-electron chi connectivity index (χ1n) is 27.3. The number of carboxylic acid groups (broad SMARTS) is 1. The van der Waals surface area contributed by atoms with Gasteiger partial charge in [0.1, 0.15) is 48.7 Å². The van der Waals surface area contributed by atoms with Crippen molar-refractivity contribution >= 4 is 36.2 Å². The molecule has 1 saturated heterocycles. The second-order valence-corrected chi connectivity index (χ2v) is 23.1. The Morgan fingerprint density at radius 3 is 1.50 bits per heavy atom. The number of nitrogens with zero attached hydrogens (tertiary/aromatic N) is 2. The third kappa shape index (κ3) is 20.4. The van der Waals surface area contributed by atoms with Crippen molar-refractivity contribution in [3.05, 3.63) is 171 Å². The zero-order chi connectivity index (χ0) is 61.3. The Hall–Kier alpha value is -7.23. The Morgan fingerprint density at radius 1 is 0.625 bits per heavy atom. The lowest BCUT2D eigenvalue weighted by Crippen LogP contribution is -2.41. The van der Waals surface area contributed by atoms with Crippen LogP contribution in [0.2, 0.25) is 5.02 Å². The summed E-state index contributed by atoms with van der Waals surface area (Å²) in [4.78, 5) is 23.3. The van der Waals surface area contributed by atoms with E-state index in [2.05, 4.69) is 67.4 Å². The molecule has 0 bridgehead atoms. The van der Waals surface area contributed by atoms with Gasteiger partial charge in [0.15, 0.2) is 0 Å². The van der Waals surface area contributed by atoms with Gasteiger partial charge < -0.3 is 47.1 Å². The predicted molar refractivity (Wildman–Crippen MR) is 328 cm³/mol. The van der Waals surface area contributed by atoms with Gasteiger partial charge in [-0.25, -0.2) is 0 Å². The molecular formula is C66H84BClF6N2O12. The quantitative estimate of drug-likeness (QED) is 0.0461. The van der Waals surface area contributed by atoms with E-state index in [1.807, 2.05) is 19.9 Å². The van der Waals surface area contributed by atoms with E-state index in [0.29, 0.717) is 39.6 Å². The summed E-state index contributed by atoms with van der Waals surface area (Å²) in [6.45, 7) is 19.0. The van der Waals surface area contributed by atoms with E-state index in [4.69, 9.17) is 44.2 Å². The predicted octanol–water partition coefficient (Wildman–Crippen LogP) is 18.8. The summed E-state index contributed by atoms with van der Waals surface area (Å²) in [6.07, 6.45) is 1.35. The molecule has 0 unspecified atom stereocenters. The van der Waals surface area contributed by atoms with Gasteiger partial charge in [-0.3, -0.25) is 9.59 Å². The highest BCUT2D eigenvalue weighted by Crippen LogP contribution is 2.49. The maximum atomic E-state index is 13.1. The fraction of sp³-hybridized carbons (Fsp3) is 0.455. The van der Waals surface area contributed by atoms with Crippen LogP contribution in [0.3, 0.4) is 0 Å². The van der Waals surface area contributed by atoms with Crippen molar-refractivity contribution < 1.29 is 83.1 Å². The molecule has 4 aromatic carbocycles. The maximum Gasteiger partial charge on any atom is 0.573 e. The molecule has 2 aromatic heterocycles. The van der Waals surface area contributed by atoms with E-state index < -0.39 is 30.4 Å². The molecule has 482 valence electrons. The number of aliphatic carboxylic acids is 1. The maximum absolute atomic E-state index is 13.1. The summed E-state index contributed by atoms with van der Waals surface area (Å²) in [5.74, 6) is -1.96. The first-order chi connectivity index (χ1) is 39.4. The molecular weight excluding hydrogens is 1170 g/mol. The Morgan fingerprint density at radius 2 is 1.08 bits per heavy atom. The van der Waals surface area contributed by atoms with E-state index >= 15 is 0 Å². The van der Waals surface area contributed by atoms with Gasteiger partial charge in [0.25, 0.3) is 0 Å².